The van der Waals surface area contributed by atoms with Crippen LogP contribution in [0.25, 0.3) is 0 Å². The molecule has 0 unspecified atom stereocenters. The highest BCUT2D eigenvalue weighted by Crippen LogP contribution is 2.32. The van der Waals surface area contributed by atoms with Gasteiger partial charge in [-0.05, 0) is 30.9 Å². The SMILES string of the molecule is Cc1ccccc1CNC(=O)CC1(O)CCCC1. The zero-order chi connectivity index (χ0) is 13.0. The predicted molar refractivity (Wildman–Crippen MR) is 71.1 cm³/mol. The van der Waals surface area contributed by atoms with Gasteiger partial charge in [-0.3, -0.25) is 4.79 Å². The molecule has 3 heteroatoms. The Morgan fingerprint density at radius 2 is 2.00 bits per heavy atom. The number of carbonyl (C=O) groups excluding carboxylic acids is 1. The maximum absolute atomic E-state index is 11.8. The second-order valence-corrected chi connectivity index (χ2v) is 5.31. The summed E-state index contributed by atoms with van der Waals surface area (Å²) in [6.07, 6.45) is 3.80. The largest absolute Gasteiger partial charge is 0.389 e. The van der Waals surface area contributed by atoms with Crippen molar-refractivity contribution in [3.8, 4) is 0 Å². The Hall–Kier alpha value is -1.35. The summed E-state index contributed by atoms with van der Waals surface area (Å²) in [6, 6.07) is 8.01. The van der Waals surface area contributed by atoms with E-state index < -0.39 is 5.60 Å². The average molecular weight is 247 g/mol. The van der Waals surface area contributed by atoms with Crippen molar-refractivity contribution in [2.45, 2.75) is 51.2 Å². The van der Waals surface area contributed by atoms with Gasteiger partial charge in [-0.15, -0.1) is 0 Å². The number of hydrogen-bond acceptors (Lipinski definition) is 2. The second kappa shape index (κ2) is 5.53. The number of hydrogen-bond donors (Lipinski definition) is 2. The minimum absolute atomic E-state index is 0.0531. The van der Waals surface area contributed by atoms with Gasteiger partial charge in [0.15, 0.2) is 0 Å². The molecule has 98 valence electrons. The van der Waals surface area contributed by atoms with Crippen molar-refractivity contribution in [1.82, 2.24) is 5.32 Å². The maximum Gasteiger partial charge on any atom is 0.223 e. The quantitative estimate of drug-likeness (QED) is 0.857. The van der Waals surface area contributed by atoms with Crippen LogP contribution in [-0.4, -0.2) is 16.6 Å². The highest BCUT2D eigenvalue weighted by molar-refractivity contribution is 5.77. The van der Waals surface area contributed by atoms with Crippen LogP contribution in [0.4, 0.5) is 0 Å². The number of nitrogens with one attached hydrogen (secondary N) is 1. The molecule has 1 amide bonds. The van der Waals surface area contributed by atoms with E-state index >= 15 is 0 Å². The number of aliphatic hydroxyl groups is 1. The second-order valence-electron chi connectivity index (χ2n) is 5.31. The summed E-state index contributed by atoms with van der Waals surface area (Å²) in [5.41, 5.74) is 1.55. The molecule has 0 bridgehead atoms. The van der Waals surface area contributed by atoms with Crippen molar-refractivity contribution in [2.24, 2.45) is 0 Å². The van der Waals surface area contributed by atoms with E-state index in [2.05, 4.69) is 5.32 Å². The maximum atomic E-state index is 11.8. The van der Waals surface area contributed by atoms with E-state index in [9.17, 15) is 9.90 Å². The van der Waals surface area contributed by atoms with Gasteiger partial charge in [-0.2, -0.15) is 0 Å². The number of amides is 1. The van der Waals surface area contributed by atoms with Crippen LogP contribution in [0.2, 0.25) is 0 Å². The Morgan fingerprint density at radius 1 is 1.33 bits per heavy atom. The summed E-state index contributed by atoms with van der Waals surface area (Å²) < 4.78 is 0. The molecule has 1 fully saturated rings. The minimum atomic E-state index is -0.754. The molecule has 0 radical (unpaired) electrons. The molecule has 2 N–H and O–H groups in total. The van der Waals surface area contributed by atoms with E-state index in [1.165, 1.54) is 5.56 Å². The monoisotopic (exact) mass is 247 g/mol. The van der Waals surface area contributed by atoms with E-state index in [1.807, 2.05) is 31.2 Å². The Kier molecular flexibility index (Phi) is 4.02. The minimum Gasteiger partial charge on any atom is -0.389 e. The molecule has 2 rings (SSSR count). The third kappa shape index (κ3) is 3.33. The normalized spacial score (nSPS) is 17.7. The van der Waals surface area contributed by atoms with Crippen LogP contribution in [0.1, 0.15) is 43.2 Å². The third-order valence-corrected chi connectivity index (χ3v) is 3.76. The van der Waals surface area contributed by atoms with Gasteiger partial charge in [0.1, 0.15) is 0 Å². The Bertz CT molecular complexity index is 422. The number of benzene rings is 1. The molecular formula is C15H21NO2. The first-order valence-electron chi connectivity index (χ1n) is 6.63. The molecule has 1 aliphatic carbocycles. The first-order chi connectivity index (χ1) is 8.59. The van der Waals surface area contributed by atoms with Gasteiger partial charge in [-0.25, -0.2) is 0 Å². The lowest BCUT2D eigenvalue weighted by Gasteiger charge is -2.21. The highest BCUT2D eigenvalue weighted by Gasteiger charge is 2.33. The Labute approximate surface area is 108 Å². The zero-order valence-electron chi connectivity index (χ0n) is 10.9. The fourth-order valence-corrected chi connectivity index (χ4v) is 2.57. The van der Waals surface area contributed by atoms with Crippen LogP contribution in [0.15, 0.2) is 24.3 Å². The number of aryl methyl sites for hydroxylation is 1. The Morgan fingerprint density at radius 3 is 2.67 bits per heavy atom. The standard InChI is InChI=1S/C15H21NO2/c1-12-6-2-3-7-13(12)11-16-14(17)10-15(18)8-4-5-9-15/h2-3,6-7,18H,4-5,8-11H2,1H3,(H,16,17). The summed E-state index contributed by atoms with van der Waals surface area (Å²) in [6.45, 7) is 2.58. The number of rotatable bonds is 4. The van der Waals surface area contributed by atoms with Crippen LogP contribution in [-0.2, 0) is 11.3 Å². The molecular weight excluding hydrogens is 226 g/mol. The fourth-order valence-electron chi connectivity index (χ4n) is 2.57. The van der Waals surface area contributed by atoms with Gasteiger partial charge < -0.3 is 10.4 Å². The van der Waals surface area contributed by atoms with Crippen molar-refractivity contribution in [1.29, 1.82) is 0 Å². The molecule has 0 aromatic heterocycles. The lowest BCUT2D eigenvalue weighted by Crippen LogP contribution is -2.34. The predicted octanol–water partition coefficient (Wildman–Crippen LogP) is 2.31. The van der Waals surface area contributed by atoms with E-state index in [0.29, 0.717) is 6.54 Å². The molecule has 0 spiro atoms. The molecule has 3 nitrogen and oxygen atoms in total. The Balaban J connectivity index is 1.83. The van der Waals surface area contributed by atoms with Gasteiger partial charge in [0.05, 0.1) is 12.0 Å². The van der Waals surface area contributed by atoms with Gasteiger partial charge >= 0.3 is 0 Å². The van der Waals surface area contributed by atoms with Crippen LogP contribution in [0, 0.1) is 6.92 Å². The van der Waals surface area contributed by atoms with E-state index in [4.69, 9.17) is 0 Å². The van der Waals surface area contributed by atoms with Crippen LogP contribution >= 0.6 is 0 Å². The molecule has 0 aliphatic heterocycles. The van der Waals surface area contributed by atoms with Gasteiger partial charge in [-0.1, -0.05) is 37.1 Å². The van der Waals surface area contributed by atoms with Gasteiger partial charge in [0, 0.05) is 6.54 Å². The topological polar surface area (TPSA) is 49.3 Å². The van der Waals surface area contributed by atoms with Crippen molar-refractivity contribution in [3.63, 3.8) is 0 Å². The number of carbonyl (C=O) groups is 1. The van der Waals surface area contributed by atoms with Crippen LogP contribution in [0.3, 0.4) is 0 Å². The molecule has 1 saturated carbocycles. The summed E-state index contributed by atoms with van der Waals surface area (Å²) in [5.74, 6) is -0.0531. The van der Waals surface area contributed by atoms with Crippen molar-refractivity contribution >= 4 is 5.91 Å². The van der Waals surface area contributed by atoms with Crippen LogP contribution < -0.4 is 5.32 Å². The van der Waals surface area contributed by atoms with Gasteiger partial charge in [0.2, 0.25) is 5.91 Å². The van der Waals surface area contributed by atoms with Crippen molar-refractivity contribution in [2.75, 3.05) is 0 Å². The van der Waals surface area contributed by atoms with Crippen molar-refractivity contribution < 1.29 is 9.90 Å². The summed E-state index contributed by atoms with van der Waals surface area (Å²) in [4.78, 5) is 11.8. The van der Waals surface area contributed by atoms with E-state index in [0.717, 1.165) is 31.2 Å². The molecule has 1 aliphatic rings. The summed E-state index contributed by atoms with van der Waals surface area (Å²) >= 11 is 0. The summed E-state index contributed by atoms with van der Waals surface area (Å²) in [7, 11) is 0. The van der Waals surface area contributed by atoms with Crippen LogP contribution in [0.5, 0.6) is 0 Å². The summed E-state index contributed by atoms with van der Waals surface area (Å²) in [5, 5.41) is 13.0. The van der Waals surface area contributed by atoms with Crippen molar-refractivity contribution in [3.05, 3.63) is 35.4 Å². The molecule has 0 saturated heterocycles. The van der Waals surface area contributed by atoms with Gasteiger partial charge in [0.25, 0.3) is 0 Å². The molecule has 1 aromatic rings. The third-order valence-electron chi connectivity index (χ3n) is 3.76. The molecule has 0 heterocycles. The molecule has 1 aromatic carbocycles. The molecule has 0 atom stereocenters. The fraction of sp³-hybridized carbons (Fsp3) is 0.533. The lowest BCUT2D eigenvalue weighted by atomic mass is 9.97. The average Bonchev–Trinajstić information content (AvgIpc) is 2.74. The van der Waals surface area contributed by atoms with E-state index in [1.54, 1.807) is 0 Å². The smallest absolute Gasteiger partial charge is 0.223 e. The molecule has 18 heavy (non-hydrogen) atoms. The van der Waals surface area contributed by atoms with E-state index in [-0.39, 0.29) is 12.3 Å². The zero-order valence-corrected chi connectivity index (χ0v) is 10.9. The lowest BCUT2D eigenvalue weighted by molar-refractivity contribution is -0.126. The first kappa shape index (κ1) is 13.1. The first-order valence-corrected chi connectivity index (χ1v) is 6.63. The highest BCUT2D eigenvalue weighted by atomic mass is 16.3.